The van der Waals surface area contributed by atoms with Gasteiger partial charge in [0.15, 0.2) is 0 Å². The molecule has 8 heteroatoms. The van der Waals surface area contributed by atoms with Gasteiger partial charge in [0.1, 0.15) is 28.4 Å². The molecule has 1 heterocycles. The van der Waals surface area contributed by atoms with E-state index >= 15 is 0 Å². The average Bonchev–Trinajstić information content (AvgIpc) is 2.42. The van der Waals surface area contributed by atoms with Crippen LogP contribution in [0, 0.1) is 11.6 Å². The second-order valence-electron chi connectivity index (χ2n) is 4.71. The summed E-state index contributed by atoms with van der Waals surface area (Å²) in [5.41, 5.74) is 4.95. The molecular weight excluding hydrogens is 300 g/mol. The van der Waals surface area contributed by atoms with E-state index in [0.29, 0.717) is 0 Å². The molecule has 1 aromatic carbocycles. The van der Waals surface area contributed by atoms with Crippen LogP contribution in [-0.4, -0.2) is 34.8 Å². The van der Waals surface area contributed by atoms with E-state index < -0.39 is 29.3 Å². The van der Waals surface area contributed by atoms with Crippen molar-refractivity contribution in [1.82, 2.24) is 4.90 Å². The van der Waals surface area contributed by atoms with Crippen molar-refractivity contribution in [2.24, 2.45) is 5.73 Å². The number of likely N-dealkylation sites (tertiary alicyclic amines) is 1. The molecule has 1 saturated heterocycles. The third kappa shape index (κ3) is 2.99. The summed E-state index contributed by atoms with van der Waals surface area (Å²) < 4.78 is 27.8. The Labute approximate surface area is 125 Å². The molecule has 0 bridgehead atoms. The fraction of sp³-hybridized carbons (Fsp3) is 0.308. The third-order valence-electron chi connectivity index (χ3n) is 3.29. The number of hydrogen-bond donors (Lipinski definition) is 2. The lowest BCUT2D eigenvalue weighted by Crippen LogP contribution is -2.48. The van der Waals surface area contributed by atoms with Gasteiger partial charge in [0.2, 0.25) is 5.91 Å². The van der Waals surface area contributed by atoms with Gasteiger partial charge < -0.3 is 11.1 Å². The standard InChI is InChI=1S/C13H13F2N3O2S/c1-18-10(19)3-2-9(13(18)20)17-11-7(14)4-6(12(16)21)5-8(11)15/h4-5,9,17H,2-3H2,1H3,(H2,16,21). The molecule has 5 nitrogen and oxygen atoms in total. The van der Waals surface area contributed by atoms with Crippen LogP contribution in [0.15, 0.2) is 12.1 Å². The molecule has 1 aromatic rings. The second-order valence-corrected chi connectivity index (χ2v) is 5.15. The molecule has 21 heavy (non-hydrogen) atoms. The van der Waals surface area contributed by atoms with Crippen molar-refractivity contribution in [1.29, 1.82) is 0 Å². The van der Waals surface area contributed by atoms with Gasteiger partial charge in [0.05, 0.1) is 0 Å². The second kappa shape index (κ2) is 5.72. The first kappa shape index (κ1) is 15.3. The van der Waals surface area contributed by atoms with Crippen molar-refractivity contribution >= 4 is 34.7 Å². The molecule has 0 saturated carbocycles. The molecule has 112 valence electrons. The summed E-state index contributed by atoms with van der Waals surface area (Å²) in [6.45, 7) is 0. The molecule has 3 N–H and O–H groups in total. The first-order chi connectivity index (χ1) is 9.81. The normalized spacial score (nSPS) is 18.8. The summed E-state index contributed by atoms with van der Waals surface area (Å²) in [6, 6.07) is 1.14. The summed E-state index contributed by atoms with van der Waals surface area (Å²) in [4.78, 5) is 24.1. The van der Waals surface area contributed by atoms with Gasteiger partial charge in [0, 0.05) is 19.0 Å². The molecule has 1 aliphatic heterocycles. The Balaban J connectivity index is 2.26. The van der Waals surface area contributed by atoms with Crippen molar-refractivity contribution in [2.45, 2.75) is 18.9 Å². The minimum Gasteiger partial charge on any atom is -0.389 e. The first-order valence-electron chi connectivity index (χ1n) is 6.17. The molecule has 2 amide bonds. The van der Waals surface area contributed by atoms with Gasteiger partial charge in [-0.2, -0.15) is 0 Å². The van der Waals surface area contributed by atoms with E-state index in [9.17, 15) is 18.4 Å². The number of hydrogen-bond acceptors (Lipinski definition) is 4. The van der Waals surface area contributed by atoms with Crippen molar-refractivity contribution in [3.8, 4) is 0 Å². The highest BCUT2D eigenvalue weighted by atomic mass is 32.1. The quantitative estimate of drug-likeness (QED) is 0.647. The Bertz CT molecular complexity index is 613. The number of rotatable bonds is 3. The number of carbonyl (C=O) groups is 2. The van der Waals surface area contributed by atoms with Gasteiger partial charge in [0.25, 0.3) is 5.91 Å². The van der Waals surface area contributed by atoms with Crippen molar-refractivity contribution in [2.75, 3.05) is 12.4 Å². The maximum absolute atomic E-state index is 13.9. The average molecular weight is 313 g/mol. The van der Waals surface area contributed by atoms with Gasteiger partial charge in [-0.1, -0.05) is 12.2 Å². The van der Waals surface area contributed by atoms with Gasteiger partial charge in [-0.25, -0.2) is 8.78 Å². The van der Waals surface area contributed by atoms with Crippen LogP contribution in [0.5, 0.6) is 0 Å². The Kier molecular flexibility index (Phi) is 4.17. The van der Waals surface area contributed by atoms with Crippen LogP contribution in [0.25, 0.3) is 0 Å². The van der Waals surface area contributed by atoms with Crippen LogP contribution in [0.3, 0.4) is 0 Å². The third-order valence-corrected chi connectivity index (χ3v) is 3.53. The minimum absolute atomic E-state index is 0.0628. The fourth-order valence-corrected chi connectivity index (χ4v) is 2.19. The number of nitrogens with two attached hydrogens (primary N) is 1. The van der Waals surface area contributed by atoms with E-state index in [1.165, 1.54) is 7.05 Å². The van der Waals surface area contributed by atoms with Crippen LogP contribution in [0.2, 0.25) is 0 Å². The highest BCUT2D eigenvalue weighted by Gasteiger charge is 2.32. The highest BCUT2D eigenvalue weighted by molar-refractivity contribution is 7.80. The largest absolute Gasteiger partial charge is 0.389 e. The number of nitrogens with zero attached hydrogens (tertiary/aromatic N) is 1. The number of amides is 2. The summed E-state index contributed by atoms with van der Waals surface area (Å²) in [7, 11) is 1.33. The van der Waals surface area contributed by atoms with Crippen LogP contribution >= 0.6 is 12.2 Å². The minimum atomic E-state index is -0.898. The van der Waals surface area contributed by atoms with Gasteiger partial charge >= 0.3 is 0 Å². The Morgan fingerprint density at radius 3 is 2.48 bits per heavy atom. The monoisotopic (exact) mass is 313 g/mol. The number of thiocarbonyl (C=S) groups is 1. The Hall–Kier alpha value is -2.09. The fourth-order valence-electron chi connectivity index (χ4n) is 2.08. The van der Waals surface area contributed by atoms with Crippen LogP contribution in [0.1, 0.15) is 18.4 Å². The van der Waals surface area contributed by atoms with E-state index in [1.807, 2.05) is 0 Å². The van der Waals surface area contributed by atoms with Gasteiger partial charge in [-0.3, -0.25) is 14.5 Å². The smallest absolute Gasteiger partial charge is 0.251 e. The topological polar surface area (TPSA) is 75.4 Å². The van der Waals surface area contributed by atoms with Crippen molar-refractivity contribution in [3.63, 3.8) is 0 Å². The van der Waals surface area contributed by atoms with Crippen LogP contribution in [-0.2, 0) is 9.59 Å². The summed E-state index contributed by atoms with van der Waals surface area (Å²) in [5.74, 6) is -2.64. The molecule has 2 rings (SSSR count). The lowest BCUT2D eigenvalue weighted by molar-refractivity contribution is -0.146. The summed E-state index contributed by atoms with van der Waals surface area (Å²) >= 11 is 4.66. The number of piperidine rings is 1. The predicted molar refractivity (Wildman–Crippen MR) is 76.7 cm³/mol. The Morgan fingerprint density at radius 2 is 1.95 bits per heavy atom. The summed E-state index contributed by atoms with van der Waals surface area (Å²) in [6.07, 6.45) is 0.312. The summed E-state index contributed by atoms with van der Waals surface area (Å²) in [5, 5.41) is 2.51. The van der Waals surface area contributed by atoms with Crippen molar-refractivity contribution in [3.05, 3.63) is 29.3 Å². The lowest BCUT2D eigenvalue weighted by atomic mass is 10.0. The molecule has 0 aromatic heterocycles. The van der Waals surface area contributed by atoms with E-state index in [0.717, 1.165) is 17.0 Å². The number of anilines is 1. The predicted octanol–water partition coefficient (Wildman–Crippen LogP) is 1.16. The molecule has 1 fully saturated rings. The maximum Gasteiger partial charge on any atom is 0.251 e. The van der Waals surface area contributed by atoms with E-state index in [2.05, 4.69) is 17.5 Å². The number of imide groups is 1. The van der Waals surface area contributed by atoms with Gasteiger partial charge in [-0.05, 0) is 18.6 Å². The number of carbonyl (C=O) groups excluding carboxylic acids is 2. The van der Waals surface area contributed by atoms with E-state index in [4.69, 9.17) is 5.73 Å². The zero-order chi connectivity index (χ0) is 15.7. The number of benzene rings is 1. The maximum atomic E-state index is 13.9. The SMILES string of the molecule is CN1C(=O)CCC(Nc2c(F)cc(C(N)=S)cc2F)C1=O. The zero-order valence-corrected chi connectivity index (χ0v) is 12.0. The zero-order valence-electron chi connectivity index (χ0n) is 11.2. The molecule has 0 radical (unpaired) electrons. The number of likely N-dealkylation sites (N-methyl/N-ethyl adjacent to an activating group) is 1. The molecule has 1 aliphatic rings. The number of nitrogens with one attached hydrogen (secondary N) is 1. The highest BCUT2D eigenvalue weighted by Crippen LogP contribution is 2.24. The molecule has 0 spiro atoms. The first-order valence-corrected chi connectivity index (χ1v) is 6.58. The molecule has 1 atom stereocenters. The van der Waals surface area contributed by atoms with Crippen LogP contribution < -0.4 is 11.1 Å². The number of halogens is 2. The van der Waals surface area contributed by atoms with E-state index in [-0.39, 0.29) is 29.3 Å². The van der Waals surface area contributed by atoms with E-state index in [1.54, 1.807) is 0 Å². The molecule has 0 aliphatic carbocycles. The van der Waals surface area contributed by atoms with Gasteiger partial charge in [-0.15, -0.1) is 0 Å². The van der Waals surface area contributed by atoms with Crippen molar-refractivity contribution < 1.29 is 18.4 Å². The lowest BCUT2D eigenvalue weighted by Gasteiger charge is -2.29. The van der Waals surface area contributed by atoms with Crippen LogP contribution in [0.4, 0.5) is 14.5 Å². The molecule has 1 unspecified atom stereocenters. The Morgan fingerprint density at radius 1 is 1.38 bits per heavy atom. The molecular formula is C13H13F2N3O2S.